The third kappa shape index (κ3) is 10.1. The molecule has 0 aromatic carbocycles. The predicted octanol–water partition coefficient (Wildman–Crippen LogP) is 3.45. The minimum Gasteiger partial charge on any atom is -0.247 e. The van der Waals surface area contributed by atoms with Gasteiger partial charge in [-0.15, -0.1) is 13.2 Å². The first-order valence-corrected chi connectivity index (χ1v) is 5.37. The van der Waals surface area contributed by atoms with Crippen molar-refractivity contribution in [1.82, 2.24) is 0 Å². The Hall–Kier alpha value is 0.140. The van der Waals surface area contributed by atoms with E-state index in [0.29, 0.717) is 0 Å². The quantitative estimate of drug-likeness (QED) is 0.329. The van der Waals surface area contributed by atoms with Crippen molar-refractivity contribution in [3.05, 3.63) is 25.3 Å². The first kappa shape index (κ1) is 11.1. The molecule has 0 aliphatic rings. The second-order valence-electron chi connectivity index (χ2n) is 1.87. The summed E-state index contributed by atoms with van der Waals surface area (Å²) >= 11 is 2.97. The molecule has 0 fully saturated rings. The topological polar surface area (TPSA) is 9.23 Å². The second-order valence-corrected chi connectivity index (χ2v) is 3.70. The van der Waals surface area contributed by atoms with Gasteiger partial charge in [0.05, 0.1) is 0 Å². The van der Waals surface area contributed by atoms with Crippen molar-refractivity contribution in [3.63, 3.8) is 0 Å². The number of hydrogen-bond donors (Lipinski definition) is 0. The van der Waals surface area contributed by atoms with Crippen molar-refractivity contribution in [3.8, 4) is 0 Å². The second kappa shape index (κ2) is 10.1. The first-order chi connectivity index (χ1) is 5.41. The number of allylic oxidation sites excluding steroid dienone is 2. The molecule has 0 atom stereocenters. The van der Waals surface area contributed by atoms with Crippen molar-refractivity contribution in [2.45, 2.75) is 12.8 Å². The normalized spacial score (nSPS) is 9.45. The molecule has 0 rings (SSSR count). The lowest BCUT2D eigenvalue weighted by molar-refractivity contribution is 0.754. The fourth-order valence-corrected chi connectivity index (χ4v) is 1.71. The van der Waals surface area contributed by atoms with E-state index in [1.165, 1.54) is 24.1 Å². The van der Waals surface area contributed by atoms with Gasteiger partial charge in [-0.25, -0.2) is 3.63 Å². The van der Waals surface area contributed by atoms with Crippen LogP contribution in [0, 0.1) is 0 Å². The van der Waals surface area contributed by atoms with E-state index in [1.54, 1.807) is 0 Å². The van der Waals surface area contributed by atoms with Crippen molar-refractivity contribution >= 4 is 24.1 Å². The molecule has 0 aliphatic heterocycles. The van der Waals surface area contributed by atoms with Crippen LogP contribution in [0.1, 0.15) is 12.8 Å². The maximum absolute atomic E-state index is 5.18. The summed E-state index contributed by atoms with van der Waals surface area (Å²) in [6, 6.07) is 0. The Morgan fingerprint density at radius 2 is 1.45 bits per heavy atom. The van der Waals surface area contributed by atoms with Gasteiger partial charge in [-0.1, -0.05) is 12.2 Å². The summed E-state index contributed by atoms with van der Waals surface area (Å²) in [6.07, 6.45) is 5.80. The van der Waals surface area contributed by atoms with Crippen molar-refractivity contribution in [2.24, 2.45) is 0 Å². The van der Waals surface area contributed by atoms with Gasteiger partial charge in [-0.2, -0.15) is 0 Å². The maximum Gasteiger partial charge on any atom is 0.0245 e. The van der Waals surface area contributed by atoms with Gasteiger partial charge >= 0.3 is 0 Å². The van der Waals surface area contributed by atoms with E-state index >= 15 is 0 Å². The lowest BCUT2D eigenvalue weighted by Gasteiger charge is -1.97. The highest BCUT2D eigenvalue weighted by Crippen LogP contribution is 2.16. The summed E-state index contributed by atoms with van der Waals surface area (Å²) in [5.74, 6) is 1.98. The number of hydrogen-bond acceptors (Lipinski definition) is 3. The SMILES string of the molecule is C=CCCSOSCCC=C. The minimum atomic E-state index is 0.991. The van der Waals surface area contributed by atoms with Crippen LogP contribution in [0.2, 0.25) is 0 Å². The Morgan fingerprint density at radius 1 is 1.00 bits per heavy atom. The highest BCUT2D eigenvalue weighted by molar-refractivity contribution is 8.07. The molecule has 0 aliphatic carbocycles. The summed E-state index contributed by atoms with van der Waals surface area (Å²) in [4.78, 5) is 0. The zero-order valence-corrected chi connectivity index (χ0v) is 8.26. The molecule has 1 nitrogen and oxygen atoms in total. The lowest BCUT2D eigenvalue weighted by Crippen LogP contribution is -1.77. The molecule has 0 radical (unpaired) electrons. The molecule has 0 spiro atoms. The lowest BCUT2D eigenvalue weighted by atomic mass is 10.5. The van der Waals surface area contributed by atoms with Crippen LogP contribution in [0.5, 0.6) is 0 Å². The van der Waals surface area contributed by atoms with E-state index in [4.69, 9.17) is 3.63 Å². The van der Waals surface area contributed by atoms with Crippen LogP contribution in [0.4, 0.5) is 0 Å². The highest BCUT2D eigenvalue weighted by Gasteiger charge is 1.88. The summed E-state index contributed by atoms with van der Waals surface area (Å²) in [6.45, 7) is 7.24. The van der Waals surface area contributed by atoms with Crippen LogP contribution in [0.3, 0.4) is 0 Å². The van der Waals surface area contributed by atoms with E-state index in [-0.39, 0.29) is 0 Å². The van der Waals surface area contributed by atoms with Gasteiger partial charge in [-0.3, -0.25) is 0 Å². The molecule has 11 heavy (non-hydrogen) atoms. The summed E-state index contributed by atoms with van der Waals surface area (Å²) in [5, 5.41) is 0. The molecule has 0 aromatic heterocycles. The molecule has 0 saturated carbocycles. The van der Waals surface area contributed by atoms with Gasteiger partial charge < -0.3 is 0 Å². The molecular weight excluding hydrogens is 176 g/mol. The van der Waals surface area contributed by atoms with Gasteiger partial charge in [0.1, 0.15) is 0 Å². The minimum absolute atomic E-state index is 0.991. The first-order valence-electron chi connectivity index (χ1n) is 3.54. The van der Waals surface area contributed by atoms with Crippen LogP contribution >= 0.6 is 24.1 Å². The van der Waals surface area contributed by atoms with Crippen molar-refractivity contribution < 1.29 is 3.63 Å². The summed E-state index contributed by atoms with van der Waals surface area (Å²) < 4.78 is 5.18. The third-order valence-corrected chi connectivity index (χ3v) is 2.48. The average molecular weight is 190 g/mol. The van der Waals surface area contributed by atoms with Crippen LogP contribution in [-0.2, 0) is 3.63 Å². The Kier molecular flexibility index (Phi) is 10.3. The Balaban J connectivity index is 2.79. The molecule has 3 heteroatoms. The Bertz CT molecular complexity index is 92.3. The largest absolute Gasteiger partial charge is 0.247 e. The Morgan fingerprint density at radius 3 is 1.82 bits per heavy atom. The van der Waals surface area contributed by atoms with E-state index in [0.717, 1.165) is 24.3 Å². The fourth-order valence-electron chi connectivity index (χ4n) is 0.365. The fraction of sp³-hybridized carbons (Fsp3) is 0.500. The smallest absolute Gasteiger partial charge is 0.0245 e. The molecule has 0 unspecified atom stereocenters. The van der Waals surface area contributed by atoms with Crippen molar-refractivity contribution in [2.75, 3.05) is 11.5 Å². The molecule has 0 aromatic rings. The van der Waals surface area contributed by atoms with E-state index in [9.17, 15) is 0 Å². The third-order valence-electron chi connectivity index (χ3n) is 0.907. The zero-order chi connectivity index (χ0) is 8.36. The van der Waals surface area contributed by atoms with E-state index in [2.05, 4.69) is 13.2 Å². The number of rotatable bonds is 8. The highest BCUT2D eigenvalue weighted by atomic mass is 32.2. The van der Waals surface area contributed by atoms with Gasteiger partial charge in [0.2, 0.25) is 0 Å². The van der Waals surface area contributed by atoms with E-state index in [1.807, 2.05) is 12.2 Å². The summed E-state index contributed by atoms with van der Waals surface area (Å²) in [7, 11) is 0. The molecule has 0 saturated heterocycles. The summed E-state index contributed by atoms with van der Waals surface area (Å²) in [5.41, 5.74) is 0. The van der Waals surface area contributed by atoms with Crippen LogP contribution in [0.15, 0.2) is 25.3 Å². The molecular formula is C8H14OS2. The maximum atomic E-state index is 5.18. The molecule has 64 valence electrons. The molecule has 0 bridgehead atoms. The Labute approximate surface area is 77.7 Å². The zero-order valence-electron chi connectivity index (χ0n) is 6.62. The molecule has 0 heterocycles. The monoisotopic (exact) mass is 190 g/mol. The van der Waals surface area contributed by atoms with Crippen molar-refractivity contribution in [1.29, 1.82) is 0 Å². The van der Waals surface area contributed by atoms with Gasteiger partial charge in [0, 0.05) is 35.6 Å². The van der Waals surface area contributed by atoms with E-state index < -0.39 is 0 Å². The standard InChI is InChI=1S/C8H14OS2/c1-3-5-7-10-9-11-8-6-4-2/h3-4H,1-2,5-8H2. The van der Waals surface area contributed by atoms with Crippen LogP contribution < -0.4 is 0 Å². The van der Waals surface area contributed by atoms with Gasteiger partial charge in [0.25, 0.3) is 0 Å². The predicted molar refractivity (Wildman–Crippen MR) is 55.6 cm³/mol. The molecule has 0 amide bonds. The van der Waals surface area contributed by atoms with Crippen LogP contribution in [-0.4, -0.2) is 11.5 Å². The average Bonchev–Trinajstić information content (AvgIpc) is 2.03. The van der Waals surface area contributed by atoms with Gasteiger partial charge in [-0.05, 0) is 12.8 Å². The molecule has 0 N–H and O–H groups in total. The van der Waals surface area contributed by atoms with Crippen LogP contribution in [0.25, 0.3) is 0 Å². The van der Waals surface area contributed by atoms with Gasteiger partial charge in [0.15, 0.2) is 0 Å².